The van der Waals surface area contributed by atoms with E-state index in [0.29, 0.717) is 67.1 Å². The number of aromatic nitrogens is 7. The highest BCUT2D eigenvalue weighted by atomic mass is 16.6. The van der Waals surface area contributed by atoms with Crippen molar-refractivity contribution in [2.45, 2.75) is 91.6 Å². The van der Waals surface area contributed by atoms with Crippen LogP contribution in [0.5, 0.6) is 11.5 Å². The fraction of sp³-hybridized carbons (Fsp3) is 0.467. The Labute approximate surface area is 386 Å². The van der Waals surface area contributed by atoms with E-state index in [4.69, 9.17) is 19.9 Å². The molecule has 2 aliphatic heterocycles. The Morgan fingerprint density at radius 3 is 2.49 bits per heavy atom. The summed E-state index contributed by atoms with van der Waals surface area (Å²) in [7, 11) is 1.45. The number of nitrogens with zero attached hydrogens (tertiary/aromatic N) is 10. The van der Waals surface area contributed by atoms with Crippen LogP contribution >= 0.6 is 0 Å². The van der Waals surface area contributed by atoms with Gasteiger partial charge in [0.25, 0.3) is 11.6 Å². The number of aldehydes is 1. The van der Waals surface area contributed by atoms with E-state index in [1.807, 2.05) is 27.7 Å². The lowest BCUT2D eigenvalue weighted by molar-refractivity contribution is -0.384. The van der Waals surface area contributed by atoms with Gasteiger partial charge in [0.2, 0.25) is 11.9 Å². The van der Waals surface area contributed by atoms with Crippen LogP contribution in [-0.4, -0.2) is 125 Å². The largest absolute Gasteiger partial charge is 0.494 e. The van der Waals surface area contributed by atoms with Crippen LogP contribution < -0.4 is 25.8 Å². The minimum absolute atomic E-state index is 0.102. The molecule has 22 heteroatoms. The summed E-state index contributed by atoms with van der Waals surface area (Å²) in [6, 6.07) is 7.36. The third-order valence-electron chi connectivity index (χ3n) is 11.5. The zero-order chi connectivity index (χ0) is 48.0. The highest BCUT2D eigenvalue weighted by Gasteiger charge is 2.32. The number of nitro benzene ring substituents is 1. The summed E-state index contributed by atoms with van der Waals surface area (Å²) in [6.45, 7) is 14.1. The smallest absolute Gasteiger partial charge is 0.410 e. The first-order chi connectivity index (χ1) is 32.1. The summed E-state index contributed by atoms with van der Waals surface area (Å²) in [5, 5.41) is 31.6. The molecule has 0 atom stereocenters. The maximum absolute atomic E-state index is 13.5. The zero-order valence-electron chi connectivity index (χ0n) is 38.6. The van der Waals surface area contributed by atoms with Crippen molar-refractivity contribution in [2.24, 2.45) is 5.73 Å². The van der Waals surface area contributed by atoms with Crippen molar-refractivity contribution in [3.63, 3.8) is 0 Å². The van der Waals surface area contributed by atoms with Gasteiger partial charge in [-0.3, -0.25) is 39.4 Å². The number of hydrogen-bond donors (Lipinski definition) is 3. The van der Waals surface area contributed by atoms with Crippen molar-refractivity contribution in [3.05, 3.63) is 86.8 Å². The number of anilines is 2. The summed E-state index contributed by atoms with van der Waals surface area (Å²) in [5.74, 6) is 1.47. The molecule has 0 spiro atoms. The number of likely N-dealkylation sites (tertiary alicyclic amines) is 1. The molecule has 1 fully saturated rings. The van der Waals surface area contributed by atoms with Gasteiger partial charge in [0.1, 0.15) is 40.4 Å². The Morgan fingerprint density at radius 2 is 1.81 bits per heavy atom. The first-order valence-electron chi connectivity index (χ1n) is 22.2. The number of piperidine rings is 1. The van der Waals surface area contributed by atoms with E-state index in [1.54, 1.807) is 39.3 Å². The third-order valence-corrected chi connectivity index (χ3v) is 11.5. The number of imidazole rings is 1. The molecule has 2 aromatic carbocycles. The molecule has 2 aliphatic rings. The van der Waals surface area contributed by atoms with Gasteiger partial charge in [-0.25, -0.2) is 9.78 Å². The van der Waals surface area contributed by atoms with Crippen LogP contribution in [-0.2, 0) is 30.9 Å². The minimum Gasteiger partial charge on any atom is -0.494 e. The molecule has 4 N–H and O–H groups in total. The lowest BCUT2D eigenvalue weighted by atomic mass is 9.95. The number of fused-ring (bicyclic) bond motifs is 2. The molecule has 3 aromatic heterocycles. The number of benzene rings is 2. The number of ether oxygens (including phenoxy) is 3. The van der Waals surface area contributed by atoms with E-state index in [0.717, 1.165) is 44.1 Å². The van der Waals surface area contributed by atoms with Crippen LogP contribution in [0, 0.1) is 17.0 Å². The highest BCUT2D eigenvalue weighted by Crippen LogP contribution is 2.37. The van der Waals surface area contributed by atoms with Gasteiger partial charge in [0, 0.05) is 62.4 Å². The molecule has 22 nitrogen and oxygen atoms in total. The van der Waals surface area contributed by atoms with Gasteiger partial charge < -0.3 is 39.3 Å². The number of methoxy groups -OCH3 is 1. The number of carbonyl (C=O) groups excluding carboxylic acids is 4. The lowest BCUT2D eigenvalue weighted by Gasteiger charge is -2.33. The van der Waals surface area contributed by atoms with Gasteiger partial charge in [0.15, 0.2) is 11.5 Å². The quantitative estimate of drug-likeness (QED) is 0.0331. The summed E-state index contributed by atoms with van der Waals surface area (Å²) >= 11 is 0. The van der Waals surface area contributed by atoms with Gasteiger partial charge in [0.05, 0.1) is 36.4 Å². The van der Waals surface area contributed by atoms with Crippen molar-refractivity contribution in [1.29, 1.82) is 0 Å². The number of nitrogens with one attached hydrogen (secondary N) is 2. The molecular formula is C45H57N13O9. The van der Waals surface area contributed by atoms with Crippen molar-refractivity contribution >= 4 is 52.6 Å². The fourth-order valence-electron chi connectivity index (χ4n) is 8.33. The first-order valence-corrected chi connectivity index (χ1v) is 22.2. The number of aryl methyl sites for hydroxylation is 2. The van der Waals surface area contributed by atoms with Gasteiger partial charge in [-0.05, 0) is 91.2 Å². The Balaban J connectivity index is 0.975. The average molecular weight is 924 g/mol. The Kier molecular flexibility index (Phi) is 14.5. The molecule has 0 aliphatic carbocycles. The van der Waals surface area contributed by atoms with Crippen molar-refractivity contribution < 1.29 is 38.3 Å². The highest BCUT2D eigenvalue weighted by molar-refractivity contribution is 6.04. The molecule has 0 bridgehead atoms. The fourth-order valence-corrected chi connectivity index (χ4v) is 8.33. The number of allylic oxidation sites excluding steroid dienone is 1. The monoisotopic (exact) mass is 923 g/mol. The van der Waals surface area contributed by atoms with Gasteiger partial charge in [-0.2, -0.15) is 5.10 Å². The second-order valence-corrected chi connectivity index (χ2v) is 17.4. The van der Waals surface area contributed by atoms with Crippen LogP contribution in [0.15, 0.2) is 42.5 Å². The molecule has 0 unspecified atom stereocenters. The lowest BCUT2D eigenvalue weighted by Crippen LogP contribution is -2.42. The maximum Gasteiger partial charge on any atom is 0.410 e. The predicted octanol–water partition coefficient (Wildman–Crippen LogP) is 5.30. The van der Waals surface area contributed by atoms with Crippen molar-refractivity contribution in [3.8, 4) is 11.5 Å². The summed E-state index contributed by atoms with van der Waals surface area (Å²) < 4.78 is 22.7. The van der Waals surface area contributed by atoms with Gasteiger partial charge in [-0.15, -0.1) is 10.2 Å². The normalized spacial score (nSPS) is 14.6. The van der Waals surface area contributed by atoms with E-state index in [-0.39, 0.29) is 65.9 Å². The van der Waals surface area contributed by atoms with E-state index in [1.165, 1.54) is 31.4 Å². The van der Waals surface area contributed by atoms with Crippen LogP contribution in [0.25, 0.3) is 11.0 Å². The molecule has 5 heterocycles. The first kappa shape index (κ1) is 47.6. The topological polar surface area (TPSA) is 262 Å². The molecule has 67 heavy (non-hydrogen) atoms. The standard InChI is InChI=1S/C45H57N13O9/c1-7-57-34(21-28(2)52-57)42(61)49-43-48-32-24-31(40(46)60)25-36(65-6)39(32)56(43)15-9-8-13-47-38-33(58(63)64)22-29(27-59)23-35(38)66-20-10-14-53-16-11-30(12-17-53)41-51-50-37-26-54(18-19-55(37)41)44(62)67-45(3,4)5/h8-9,21-25,27,30,47H,7,10-20,26H2,1-6H3,(H2,46,60)(H,48,49,61)/b9-8+. The van der Waals surface area contributed by atoms with E-state index in [9.17, 15) is 29.3 Å². The number of nitro groups is 1. The molecule has 356 valence electrons. The minimum atomic E-state index is -0.677. The number of primary amides is 1. The number of nitrogens with two attached hydrogens (primary N) is 1. The number of rotatable bonds is 18. The summed E-state index contributed by atoms with van der Waals surface area (Å²) in [6.07, 6.45) is 6.13. The molecule has 7 rings (SSSR count). The Morgan fingerprint density at radius 1 is 1.03 bits per heavy atom. The maximum atomic E-state index is 13.5. The zero-order valence-corrected chi connectivity index (χ0v) is 38.6. The molecule has 3 amide bonds. The van der Waals surface area contributed by atoms with Crippen LogP contribution in [0.1, 0.15) is 101 Å². The summed E-state index contributed by atoms with van der Waals surface area (Å²) in [5.41, 5.74) is 6.95. The molecule has 5 aromatic rings. The number of hydrogen-bond acceptors (Lipinski definition) is 15. The van der Waals surface area contributed by atoms with E-state index >= 15 is 0 Å². The molecular weight excluding hydrogens is 867 g/mol. The van der Waals surface area contributed by atoms with Gasteiger partial charge >= 0.3 is 6.09 Å². The second-order valence-electron chi connectivity index (χ2n) is 17.4. The molecule has 0 saturated carbocycles. The van der Waals surface area contributed by atoms with Crippen molar-refractivity contribution in [2.75, 3.05) is 57.1 Å². The molecule has 0 radical (unpaired) electrons. The van der Waals surface area contributed by atoms with Crippen molar-refractivity contribution in [1.82, 2.24) is 43.9 Å². The SMILES string of the molecule is CCn1nc(C)cc1C(=O)Nc1nc2cc(C(N)=O)cc(OC)c2n1C/C=C/CNc1c(OCCCN2CCC(c3nnc4n3CCN(C(=O)OC(C)(C)C)C4)CC2)cc(C=O)cc1[N+](=O)[O-]. The van der Waals surface area contributed by atoms with Crippen LogP contribution in [0.3, 0.4) is 0 Å². The third kappa shape index (κ3) is 11.0. The van der Waals surface area contributed by atoms with Gasteiger partial charge in [-0.1, -0.05) is 12.2 Å². The Bertz CT molecular complexity index is 2690. The second kappa shape index (κ2) is 20.4. The van der Waals surface area contributed by atoms with Crippen LogP contribution in [0.4, 0.5) is 22.1 Å². The summed E-state index contributed by atoms with van der Waals surface area (Å²) in [4.78, 5) is 70.5. The van der Waals surface area contributed by atoms with E-state index in [2.05, 4.69) is 40.4 Å². The van der Waals surface area contributed by atoms with Crippen LogP contribution in [0.2, 0.25) is 0 Å². The van der Waals surface area contributed by atoms with E-state index < -0.39 is 22.3 Å². The average Bonchev–Trinajstić information content (AvgIpc) is 4.01. The molecule has 1 saturated heterocycles. The number of amides is 3. The predicted molar refractivity (Wildman–Crippen MR) is 247 cm³/mol. The Hall–Kier alpha value is -7.36. The number of carbonyl (C=O) groups is 4.